The summed E-state index contributed by atoms with van der Waals surface area (Å²) >= 11 is 2.84. The van der Waals surface area contributed by atoms with E-state index in [1.165, 1.54) is 28.2 Å². The van der Waals surface area contributed by atoms with E-state index in [9.17, 15) is 9.59 Å². The minimum Gasteiger partial charge on any atom is -0.333 e. The van der Waals surface area contributed by atoms with Gasteiger partial charge in [0.05, 0.1) is 16.3 Å². The molecule has 140 valence electrons. The molecule has 2 aromatic heterocycles. The van der Waals surface area contributed by atoms with Gasteiger partial charge in [-0.15, -0.1) is 22.7 Å². The fourth-order valence-corrected chi connectivity index (χ4v) is 4.16. The van der Waals surface area contributed by atoms with Crippen molar-refractivity contribution in [2.45, 2.75) is 32.7 Å². The molecule has 27 heavy (non-hydrogen) atoms. The number of carbonyl (C=O) groups is 2. The lowest BCUT2D eigenvalue weighted by Crippen LogP contribution is -2.27. The lowest BCUT2D eigenvalue weighted by Gasteiger charge is -2.19. The zero-order valence-corrected chi connectivity index (χ0v) is 17.2. The van der Waals surface area contributed by atoms with Crippen LogP contribution in [0, 0.1) is 0 Å². The molecule has 0 unspecified atom stereocenters. The number of anilines is 1. The summed E-state index contributed by atoms with van der Waals surface area (Å²) in [5.41, 5.74) is 2.05. The third kappa shape index (κ3) is 5.05. The summed E-state index contributed by atoms with van der Waals surface area (Å²) in [4.78, 5) is 26.8. The van der Waals surface area contributed by atoms with Crippen molar-refractivity contribution in [3.63, 3.8) is 0 Å². The minimum absolute atomic E-state index is 0.0321. The van der Waals surface area contributed by atoms with Gasteiger partial charge in [-0.3, -0.25) is 4.79 Å². The second-order valence-electron chi connectivity index (χ2n) is 7.21. The Balaban J connectivity index is 1.53. The number of amides is 2. The Hall–Kier alpha value is -2.44. The van der Waals surface area contributed by atoms with Crippen molar-refractivity contribution in [3.05, 3.63) is 74.1 Å². The molecule has 0 aliphatic heterocycles. The van der Waals surface area contributed by atoms with Crippen LogP contribution in [0.5, 0.6) is 0 Å². The Morgan fingerprint density at radius 2 is 1.70 bits per heavy atom. The minimum atomic E-state index is -0.266. The number of benzene rings is 1. The predicted molar refractivity (Wildman–Crippen MR) is 113 cm³/mol. The highest BCUT2D eigenvalue weighted by Crippen LogP contribution is 2.24. The smallest absolute Gasteiger partial charge is 0.319 e. The van der Waals surface area contributed by atoms with Crippen LogP contribution in [0.2, 0.25) is 0 Å². The first-order valence-electron chi connectivity index (χ1n) is 8.65. The molecule has 0 bridgehead atoms. The number of hydrogen-bond acceptors (Lipinski definition) is 4. The van der Waals surface area contributed by atoms with Crippen LogP contribution in [-0.4, -0.2) is 11.8 Å². The van der Waals surface area contributed by atoms with Crippen LogP contribution in [0.15, 0.2) is 53.9 Å². The standard InChI is InChI=1S/C21H22N2O2S2/c1-21(2,3)14-6-8-15(9-7-14)23-20(25)22-13-16-10-11-18(27-16)19(24)17-5-4-12-26-17/h4-12H,13H2,1-3H3,(H2,22,23,25). The first kappa shape index (κ1) is 19.3. The van der Waals surface area contributed by atoms with Crippen molar-refractivity contribution >= 4 is 40.2 Å². The van der Waals surface area contributed by atoms with E-state index < -0.39 is 0 Å². The van der Waals surface area contributed by atoms with Crippen LogP contribution in [0.25, 0.3) is 0 Å². The molecule has 0 spiro atoms. The molecule has 3 aromatic rings. The van der Waals surface area contributed by atoms with E-state index >= 15 is 0 Å². The summed E-state index contributed by atoms with van der Waals surface area (Å²) in [6, 6.07) is 15.0. The average molecular weight is 399 g/mol. The zero-order valence-electron chi connectivity index (χ0n) is 15.5. The van der Waals surface area contributed by atoms with Crippen LogP contribution in [0.1, 0.15) is 45.8 Å². The van der Waals surface area contributed by atoms with Gasteiger partial charge < -0.3 is 10.6 Å². The first-order valence-corrected chi connectivity index (χ1v) is 10.3. The van der Waals surface area contributed by atoms with E-state index in [1.54, 1.807) is 0 Å². The van der Waals surface area contributed by atoms with Crippen molar-refractivity contribution in [1.29, 1.82) is 0 Å². The summed E-state index contributed by atoms with van der Waals surface area (Å²) in [5.74, 6) is 0.0321. The third-order valence-electron chi connectivity index (χ3n) is 4.06. The van der Waals surface area contributed by atoms with Gasteiger partial charge in [0.1, 0.15) is 0 Å². The van der Waals surface area contributed by atoms with Crippen LogP contribution >= 0.6 is 22.7 Å². The van der Waals surface area contributed by atoms with Crippen molar-refractivity contribution in [1.82, 2.24) is 5.32 Å². The molecule has 2 heterocycles. The summed E-state index contributed by atoms with van der Waals surface area (Å²) in [5, 5.41) is 7.55. The van der Waals surface area contributed by atoms with Crippen LogP contribution in [0.4, 0.5) is 10.5 Å². The highest BCUT2D eigenvalue weighted by Gasteiger charge is 2.14. The highest BCUT2D eigenvalue weighted by molar-refractivity contribution is 7.16. The normalized spacial score (nSPS) is 11.2. The number of ketones is 1. The fourth-order valence-electron chi connectivity index (χ4n) is 2.52. The molecule has 0 saturated carbocycles. The van der Waals surface area contributed by atoms with Gasteiger partial charge in [-0.2, -0.15) is 0 Å². The molecule has 0 aliphatic rings. The highest BCUT2D eigenvalue weighted by atomic mass is 32.1. The van der Waals surface area contributed by atoms with Crippen molar-refractivity contribution in [2.24, 2.45) is 0 Å². The van der Waals surface area contributed by atoms with Crippen LogP contribution in [-0.2, 0) is 12.0 Å². The molecule has 3 rings (SSSR count). The lowest BCUT2D eigenvalue weighted by atomic mass is 9.87. The first-order chi connectivity index (χ1) is 12.8. The number of carbonyl (C=O) groups excluding carboxylic acids is 2. The van der Waals surface area contributed by atoms with E-state index in [1.807, 2.05) is 53.9 Å². The molecule has 0 radical (unpaired) electrons. The van der Waals surface area contributed by atoms with Gasteiger partial charge in [0.15, 0.2) is 0 Å². The van der Waals surface area contributed by atoms with E-state index in [-0.39, 0.29) is 17.2 Å². The van der Waals surface area contributed by atoms with Crippen LogP contribution < -0.4 is 10.6 Å². The van der Waals surface area contributed by atoms with Gasteiger partial charge in [0, 0.05) is 10.6 Å². The van der Waals surface area contributed by atoms with Gasteiger partial charge in [-0.05, 0) is 46.7 Å². The summed E-state index contributed by atoms with van der Waals surface area (Å²) in [6.07, 6.45) is 0. The topological polar surface area (TPSA) is 58.2 Å². The average Bonchev–Trinajstić information content (AvgIpc) is 3.31. The van der Waals surface area contributed by atoms with E-state index in [0.29, 0.717) is 11.4 Å². The Labute approximate surface area is 167 Å². The molecule has 1 aromatic carbocycles. The number of urea groups is 1. The van der Waals surface area contributed by atoms with Gasteiger partial charge in [-0.25, -0.2) is 4.79 Å². The molecule has 0 atom stereocenters. The van der Waals surface area contributed by atoms with E-state index in [2.05, 4.69) is 31.4 Å². The second kappa shape index (κ2) is 8.06. The second-order valence-corrected chi connectivity index (χ2v) is 9.32. The number of hydrogen-bond donors (Lipinski definition) is 2. The molecular weight excluding hydrogens is 376 g/mol. The summed E-state index contributed by atoms with van der Waals surface area (Å²) in [7, 11) is 0. The molecule has 2 amide bonds. The maximum absolute atomic E-state index is 12.3. The molecule has 0 aliphatic carbocycles. The maximum Gasteiger partial charge on any atom is 0.319 e. The number of rotatable bonds is 5. The maximum atomic E-state index is 12.3. The summed E-state index contributed by atoms with van der Waals surface area (Å²) in [6.45, 7) is 6.84. The Bertz CT molecular complexity index is 920. The molecular formula is C21H22N2O2S2. The number of nitrogens with one attached hydrogen (secondary N) is 2. The van der Waals surface area contributed by atoms with Gasteiger partial charge >= 0.3 is 6.03 Å². The molecule has 4 nitrogen and oxygen atoms in total. The van der Waals surface area contributed by atoms with Gasteiger partial charge in [-0.1, -0.05) is 39.0 Å². The molecule has 2 N–H and O–H groups in total. The van der Waals surface area contributed by atoms with E-state index in [0.717, 1.165) is 15.4 Å². The molecule has 0 saturated heterocycles. The lowest BCUT2D eigenvalue weighted by molar-refractivity contribution is 0.104. The predicted octanol–water partition coefficient (Wildman–Crippen LogP) is 5.66. The number of thiophene rings is 2. The largest absolute Gasteiger partial charge is 0.333 e. The third-order valence-corrected chi connectivity index (χ3v) is 6.02. The van der Waals surface area contributed by atoms with Gasteiger partial charge in [0.2, 0.25) is 5.78 Å². The van der Waals surface area contributed by atoms with E-state index in [4.69, 9.17) is 0 Å². The fraction of sp³-hybridized carbons (Fsp3) is 0.238. The quantitative estimate of drug-likeness (QED) is 0.545. The van der Waals surface area contributed by atoms with Crippen LogP contribution in [0.3, 0.4) is 0 Å². The summed E-state index contributed by atoms with van der Waals surface area (Å²) < 4.78 is 0. The van der Waals surface area contributed by atoms with Crippen molar-refractivity contribution in [3.8, 4) is 0 Å². The Morgan fingerprint density at radius 1 is 0.963 bits per heavy atom. The SMILES string of the molecule is CC(C)(C)c1ccc(NC(=O)NCc2ccc(C(=O)c3cccs3)s2)cc1. The molecule has 6 heteroatoms. The van der Waals surface area contributed by atoms with Crippen molar-refractivity contribution < 1.29 is 9.59 Å². The molecule has 0 fully saturated rings. The van der Waals surface area contributed by atoms with Crippen molar-refractivity contribution in [2.75, 3.05) is 5.32 Å². The Morgan fingerprint density at radius 3 is 2.33 bits per heavy atom. The zero-order chi connectivity index (χ0) is 19.4. The van der Waals surface area contributed by atoms with Gasteiger partial charge in [0.25, 0.3) is 0 Å². The Kier molecular flexibility index (Phi) is 5.77. The monoisotopic (exact) mass is 398 g/mol.